The molecule has 2 amide bonds. The Morgan fingerprint density at radius 3 is 1.48 bits per heavy atom. The fourth-order valence-electron chi connectivity index (χ4n) is 4.90. The molecule has 1 fully saturated rings. The summed E-state index contributed by atoms with van der Waals surface area (Å²) in [6, 6.07) is 7.23. The van der Waals surface area contributed by atoms with Crippen molar-refractivity contribution < 1.29 is 38.0 Å². The Morgan fingerprint density at radius 1 is 0.659 bits per heavy atom. The van der Waals surface area contributed by atoms with E-state index in [4.69, 9.17) is 28.4 Å². The summed E-state index contributed by atoms with van der Waals surface area (Å²) in [7, 11) is 9.36. The first-order valence-electron chi connectivity index (χ1n) is 14.2. The lowest BCUT2D eigenvalue weighted by Crippen LogP contribution is -2.55. The Kier molecular flexibility index (Phi) is 12.8. The van der Waals surface area contributed by atoms with Gasteiger partial charge in [0.25, 0.3) is 0 Å². The molecule has 0 saturated carbocycles. The van der Waals surface area contributed by atoms with E-state index in [0.717, 1.165) is 17.5 Å². The van der Waals surface area contributed by atoms with Gasteiger partial charge in [-0.3, -0.25) is 9.59 Å². The summed E-state index contributed by atoms with van der Waals surface area (Å²) in [6.07, 6.45) is 14.5. The van der Waals surface area contributed by atoms with E-state index in [1.807, 2.05) is 48.2 Å². The van der Waals surface area contributed by atoms with Crippen molar-refractivity contribution in [3.8, 4) is 34.5 Å². The van der Waals surface area contributed by atoms with Gasteiger partial charge < -0.3 is 38.2 Å². The van der Waals surface area contributed by atoms with Crippen LogP contribution in [0.15, 0.2) is 60.7 Å². The highest BCUT2D eigenvalue weighted by molar-refractivity contribution is 5.90. The molecule has 1 heterocycles. The topological polar surface area (TPSA) is 96.0 Å². The Bertz CT molecular complexity index is 1360. The quantitative estimate of drug-likeness (QED) is 0.232. The number of ether oxygens (including phenoxy) is 6. The van der Waals surface area contributed by atoms with Gasteiger partial charge in [0.05, 0.1) is 42.7 Å². The number of hydrogen-bond donors (Lipinski definition) is 0. The maximum atomic E-state index is 13.0. The summed E-state index contributed by atoms with van der Waals surface area (Å²) >= 11 is 0. The molecule has 1 saturated heterocycles. The van der Waals surface area contributed by atoms with Gasteiger partial charge in [0.2, 0.25) is 23.3 Å². The zero-order chi connectivity index (χ0) is 32.1. The van der Waals surface area contributed by atoms with Gasteiger partial charge in [-0.2, -0.15) is 0 Å². The Morgan fingerprint density at radius 2 is 1.09 bits per heavy atom. The van der Waals surface area contributed by atoms with E-state index in [9.17, 15) is 9.59 Å². The van der Waals surface area contributed by atoms with Crippen LogP contribution in [0.4, 0.5) is 0 Å². The number of methoxy groups -OCH3 is 6. The molecule has 1 aliphatic rings. The minimum Gasteiger partial charge on any atom is -0.493 e. The lowest BCUT2D eigenvalue weighted by Gasteiger charge is -2.40. The van der Waals surface area contributed by atoms with Crippen molar-refractivity contribution in [2.24, 2.45) is 0 Å². The van der Waals surface area contributed by atoms with Crippen LogP contribution in [0.3, 0.4) is 0 Å². The molecule has 0 N–H and O–H groups in total. The normalized spacial score (nSPS) is 15.4. The van der Waals surface area contributed by atoms with Gasteiger partial charge in [0.1, 0.15) is 0 Å². The van der Waals surface area contributed by atoms with Crippen molar-refractivity contribution in [1.82, 2.24) is 9.80 Å². The van der Waals surface area contributed by atoms with Gasteiger partial charge in [0.15, 0.2) is 23.0 Å². The molecule has 0 spiro atoms. The van der Waals surface area contributed by atoms with Crippen LogP contribution >= 0.6 is 0 Å². The van der Waals surface area contributed by atoms with Gasteiger partial charge in [-0.1, -0.05) is 43.4 Å². The molecule has 3 rings (SSSR count). The molecule has 1 aliphatic heterocycles. The number of nitrogens with zero attached hydrogens (tertiary/aromatic N) is 2. The summed E-state index contributed by atoms with van der Waals surface area (Å²) < 4.78 is 32.3. The minimum absolute atomic E-state index is 0.0767. The van der Waals surface area contributed by atoms with Crippen LogP contribution in [0.1, 0.15) is 24.5 Å². The molecular formula is C34H42N2O8. The second kappa shape index (κ2) is 16.7. The second-order valence-electron chi connectivity index (χ2n) is 9.73. The molecule has 1 atom stereocenters. The fraction of sp³-hybridized carbons (Fsp3) is 0.353. The van der Waals surface area contributed by atoms with E-state index >= 15 is 0 Å². The van der Waals surface area contributed by atoms with Crippen molar-refractivity contribution in [3.05, 3.63) is 71.8 Å². The number of allylic oxidation sites excluding steroid dienone is 4. The van der Waals surface area contributed by atoms with E-state index < -0.39 is 0 Å². The highest BCUT2D eigenvalue weighted by atomic mass is 16.5. The monoisotopic (exact) mass is 606 g/mol. The molecule has 236 valence electrons. The maximum Gasteiger partial charge on any atom is 0.246 e. The largest absolute Gasteiger partial charge is 0.493 e. The van der Waals surface area contributed by atoms with E-state index in [2.05, 4.69) is 0 Å². The van der Waals surface area contributed by atoms with Crippen molar-refractivity contribution in [2.45, 2.75) is 19.4 Å². The molecule has 44 heavy (non-hydrogen) atoms. The molecule has 0 bridgehead atoms. The maximum absolute atomic E-state index is 13.0. The zero-order valence-corrected chi connectivity index (χ0v) is 26.5. The van der Waals surface area contributed by atoms with Crippen molar-refractivity contribution in [3.63, 3.8) is 0 Å². The van der Waals surface area contributed by atoms with Crippen LogP contribution in [0.2, 0.25) is 0 Å². The molecule has 0 radical (unpaired) electrons. The number of carbonyl (C=O) groups excluding carboxylic acids is 2. The third-order valence-electron chi connectivity index (χ3n) is 7.20. The van der Waals surface area contributed by atoms with Crippen molar-refractivity contribution >= 4 is 24.0 Å². The van der Waals surface area contributed by atoms with Crippen LogP contribution in [-0.4, -0.2) is 89.9 Å². The summed E-state index contributed by atoms with van der Waals surface area (Å²) in [5.74, 6) is 3.04. The summed E-state index contributed by atoms with van der Waals surface area (Å²) in [5.41, 5.74) is 1.67. The molecular weight excluding hydrogens is 564 g/mol. The first kappa shape index (κ1) is 33.6. The molecule has 1 unspecified atom stereocenters. The van der Waals surface area contributed by atoms with Crippen LogP contribution < -0.4 is 28.4 Å². The van der Waals surface area contributed by atoms with E-state index in [-0.39, 0.29) is 17.9 Å². The molecule has 10 nitrogen and oxygen atoms in total. The fourth-order valence-corrected chi connectivity index (χ4v) is 4.90. The molecule has 2 aromatic rings. The van der Waals surface area contributed by atoms with Crippen LogP contribution in [-0.2, 0) is 9.59 Å². The van der Waals surface area contributed by atoms with E-state index in [1.54, 1.807) is 77.9 Å². The van der Waals surface area contributed by atoms with Crippen molar-refractivity contribution in [2.75, 3.05) is 62.3 Å². The first-order chi connectivity index (χ1) is 21.3. The smallest absolute Gasteiger partial charge is 0.246 e. The third-order valence-corrected chi connectivity index (χ3v) is 7.20. The predicted octanol–water partition coefficient (Wildman–Crippen LogP) is 5.03. The number of rotatable bonds is 13. The number of amides is 2. The number of benzene rings is 2. The van der Waals surface area contributed by atoms with Crippen molar-refractivity contribution in [1.29, 1.82) is 0 Å². The molecule has 0 aliphatic carbocycles. The first-order valence-corrected chi connectivity index (χ1v) is 14.2. The van der Waals surface area contributed by atoms with Gasteiger partial charge in [0, 0.05) is 37.8 Å². The summed E-state index contributed by atoms with van der Waals surface area (Å²) in [6.45, 7) is 3.40. The lowest BCUT2D eigenvalue weighted by atomic mass is 10.1. The molecule has 0 aromatic heterocycles. The van der Waals surface area contributed by atoms with Crippen LogP contribution in [0.5, 0.6) is 34.5 Å². The summed E-state index contributed by atoms with van der Waals surface area (Å²) in [4.78, 5) is 29.5. The predicted molar refractivity (Wildman–Crippen MR) is 171 cm³/mol. The molecule has 2 aromatic carbocycles. The van der Waals surface area contributed by atoms with Gasteiger partial charge in [-0.15, -0.1) is 0 Å². The van der Waals surface area contributed by atoms with Crippen LogP contribution in [0, 0.1) is 0 Å². The second-order valence-corrected chi connectivity index (χ2v) is 9.73. The Balaban J connectivity index is 1.59. The van der Waals surface area contributed by atoms with E-state index in [0.29, 0.717) is 54.1 Å². The third kappa shape index (κ3) is 8.37. The van der Waals surface area contributed by atoms with Gasteiger partial charge in [-0.05, 0) is 41.8 Å². The van der Waals surface area contributed by atoms with Crippen LogP contribution in [0.25, 0.3) is 12.2 Å². The minimum atomic E-state index is -0.103. The van der Waals surface area contributed by atoms with Gasteiger partial charge in [-0.25, -0.2) is 0 Å². The number of piperazine rings is 1. The van der Waals surface area contributed by atoms with E-state index in [1.165, 1.54) is 6.08 Å². The SMILES string of the molecule is CCC1CN(C(=O)/C=C/C=C/c2cc(OC)c(OC)c(OC)c2)CCN1C(=O)/C=C/C=C/c1cc(OC)c(OC)c(OC)c1. The average molecular weight is 607 g/mol. The number of hydrogen-bond acceptors (Lipinski definition) is 8. The summed E-state index contributed by atoms with van der Waals surface area (Å²) in [5, 5.41) is 0. The highest BCUT2D eigenvalue weighted by Crippen LogP contribution is 2.39. The zero-order valence-electron chi connectivity index (χ0n) is 26.5. The molecule has 10 heteroatoms. The highest BCUT2D eigenvalue weighted by Gasteiger charge is 2.29. The lowest BCUT2D eigenvalue weighted by molar-refractivity contribution is -0.137. The average Bonchev–Trinajstić information content (AvgIpc) is 3.06. The van der Waals surface area contributed by atoms with Gasteiger partial charge >= 0.3 is 0 Å². The standard InChI is InChI=1S/C34H42N2O8/c1-8-26-23-35(31(37)15-11-9-13-24-19-27(39-2)33(43-6)28(20-24)40-3)17-18-36(26)32(38)16-12-10-14-25-21-29(41-4)34(44-7)30(22-25)42-5/h9-16,19-22,26H,8,17-18,23H2,1-7H3/b13-9+,14-10+,15-11+,16-12+. The Hall–Kier alpha value is -4.86. The number of carbonyl (C=O) groups is 2. The Labute approximate surface area is 259 Å².